The van der Waals surface area contributed by atoms with Crippen molar-refractivity contribution >= 4 is 17.9 Å². The maximum Gasteiger partial charge on any atom is 0.339 e. The maximum atomic E-state index is 12.5. The summed E-state index contributed by atoms with van der Waals surface area (Å²) in [6.07, 6.45) is -0.719. The first-order valence-corrected chi connectivity index (χ1v) is 11.8. The molecule has 0 bridgehead atoms. The molecule has 3 rings (SSSR count). The first kappa shape index (κ1) is 29.0. The quantitative estimate of drug-likeness (QED) is 0.135. The normalized spacial score (nSPS) is 23.1. The number of esters is 2. The number of phenolic OH excluding ortho intramolecular Hbond substituents is 4. The molecular formula is C27H28O12. The Morgan fingerprint density at radius 2 is 1.31 bits per heavy atom. The molecule has 1 saturated carbocycles. The van der Waals surface area contributed by atoms with Crippen molar-refractivity contribution in [1.82, 2.24) is 0 Å². The third kappa shape index (κ3) is 7.49. The summed E-state index contributed by atoms with van der Waals surface area (Å²) >= 11 is 0. The molecule has 0 aromatic heterocycles. The molecule has 12 heteroatoms. The number of aromatic hydroxyl groups is 4. The molecule has 1 aliphatic rings. The second-order valence-corrected chi connectivity index (χ2v) is 9.02. The first-order valence-electron chi connectivity index (χ1n) is 11.8. The molecule has 2 aromatic rings. The number of phenols is 4. The molecule has 12 nitrogen and oxygen atoms in total. The molecule has 208 valence electrons. The van der Waals surface area contributed by atoms with E-state index < -0.39 is 48.2 Å². The van der Waals surface area contributed by atoms with Crippen LogP contribution >= 0.6 is 0 Å². The van der Waals surface area contributed by atoms with Crippen LogP contribution in [0.5, 0.6) is 23.0 Å². The molecule has 1 aliphatic carbocycles. The van der Waals surface area contributed by atoms with Gasteiger partial charge in [-0.05, 0) is 48.2 Å². The van der Waals surface area contributed by atoms with Gasteiger partial charge in [0.2, 0.25) is 5.60 Å². The van der Waals surface area contributed by atoms with Crippen LogP contribution in [0.15, 0.2) is 60.7 Å². The molecule has 39 heavy (non-hydrogen) atoms. The average molecular weight is 545 g/mol. The van der Waals surface area contributed by atoms with Crippen LogP contribution in [0, 0.1) is 0 Å². The van der Waals surface area contributed by atoms with Crippen LogP contribution in [0.4, 0.5) is 0 Å². The van der Waals surface area contributed by atoms with E-state index in [0.717, 1.165) is 12.2 Å². The summed E-state index contributed by atoms with van der Waals surface area (Å²) in [4.78, 5) is 36.8. The number of aliphatic carboxylic acids is 1. The van der Waals surface area contributed by atoms with Crippen molar-refractivity contribution in [2.75, 3.05) is 0 Å². The lowest BCUT2D eigenvalue weighted by Gasteiger charge is -2.41. The van der Waals surface area contributed by atoms with Gasteiger partial charge >= 0.3 is 17.9 Å². The molecule has 0 unspecified atom stereocenters. The highest BCUT2D eigenvalue weighted by atomic mass is 16.6. The van der Waals surface area contributed by atoms with Crippen LogP contribution in [-0.4, -0.2) is 77.6 Å². The van der Waals surface area contributed by atoms with E-state index in [9.17, 15) is 50.1 Å². The van der Waals surface area contributed by atoms with Crippen LogP contribution < -0.4 is 0 Å². The van der Waals surface area contributed by atoms with E-state index in [4.69, 9.17) is 9.47 Å². The number of aliphatic hydroxyl groups excluding tert-OH is 1. The topological polar surface area (TPSA) is 211 Å². The summed E-state index contributed by atoms with van der Waals surface area (Å²) in [5, 5.41) is 68.4. The van der Waals surface area contributed by atoms with E-state index in [1.807, 2.05) is 0 Å². The van der Waals surface area contributed by atoms with Gasteiger partial charge in [-0.3, -0.25) is 0 Å². The fraction of sp³-hybridized carbons (Fsp3) is 0.296. The lowest BCUT2D eigenvalue weighted by molar-refractivity contribution is -0.218. The van der Waals surface area contributed by atoms with Crippen molar-refractivity contribution < 1.29 is 59.6 Å². The van der Waals surface area contributed by atoms with Gasteiger partial charge in [-0.2, -0.15) is 0 Å². The smallest absolute Gasteiger partial charge is 0.339 e. The molecule has 1 fully saturated rings. The number of carbonyl (C=O) groups excluding carboxylic acids is 2. The third-order valence-corrected chi connectivity index (χ3v) is 6.04. The second-order valence-electron chi connectivity index (χ2n) is 9.02. The van der Waals surface area contributed by atoms with Crippen molar-refractivity contribution in [2.45, 2.75) is 49.6 Å². The summed E-state index contributed by atoms with van der Waals surface area (Å²) in [5.41, 5.74) is -1.65. The Labute approximate surface area is 222 Å². The number of aliphatic hydroxyl groups is 2. The predicted molar refractivity (Wildman–Crippen MR) is 133 cm³/mol. The van der Waals surface area contributed by atoms with E-state index in [-0.39, 0.29) is 42.3 Å². The molecule has 4 atom stereocenters. The molecule has 0 aliphatic heterocycles. The fourth-order valence-corrected chi connectivity index (χ4v) is 4.08. The Balaban J connectivity index is 1.69. The zero-order chi connectivity index (χ0) is 28.7. The largest absolute Gasteiger partial charge is 0.504 e. The zero-order valence-corrected chi connectivity index (χ0v) is 20.5. The Morgan fingerprint density at radius 3 is 1.77 bits per heavy atom. The highest BCUT2D eigenvalue weighted by Crippen LogP contribution is 2.34. The average Bonchev–Trinajstić information content (AvgIpc) is 2.85. The summed E-state index contributed by atoms with van der Waals surface area (Å²) < 4.78 is 10.4. The molecule has 0 amide bonds. The number of ether oxygens (including phenoxy) is 2. The minimum absolute atomic E-state index is 0.136. The highest BCUT2D eigenvalue weighted by Gasteiger charge is 2.56. The number of rotatable bonds is 9. The first-order chi connectivity index (χ1) is 18.4. The summed E-state index contributed by atoms with van der Waals surface area (Å²) in [6.45, 7) is 0. The maximum absolute atomic E-state index is 12.5. The Hall–Kier alpha value is -4.55. The minimum Gasteiger partial charge on any atom is -0.504 e. The molecule has 0 spiro atoms. The number of hydrogen-bond donors (Lipinski definition) is 7. The summed E-state index contributed by atoms with van der Waals surface area (Å²) in [5.74, 6) is -5.12. The van der Waals surface area contributed by atoms with Crippen LogP contribution in [0.1, 0.15) is 24.0 Å². The lowest BCUT2D eigenvalue weighted by atomic mass is 9.78. The van der Waals surface area contributed by atoms with Crippen LogP contribution in [-0.2, 0) is 36.7 Å². The number of carbonyl (C=O) groups is 3. The van der Waals surface area contributed by atoms with E-state index in [1.165, 1.54) is 48.6 Å². The number of allylic oxidation sites excluding steroid dienone is 2. The second kappa shape index (κ2) is 12.3. The lowest BCUT2D eigenvalue weighted by Crippen LogP contribution is -2.62. The highest BCUT2D eigenvalue weighted by molar-refractivity contribution is 5.85. The molecule has 0 saturated heterocycles. The van der Waals surface area contributed by atoms with Gasteiger partial charge in [-0.15, -0.1) is 0 Å². The summed E-state index contributed by atoms with van der Waals surface area (Å²) in [6, 6.07) is 8.13. The standard InChI is InChI=1S/C27H28O12/c28-17-13-22(38-23(33)5-1-3-15-7-9-18(29)20(31)11-15)25(27(37,14-17)26(35)36)39-24(34)6-2-4-16-8-10-19(30)21(32)12-16/h1-2,5-12,17,22,25,28-32,37H,3-4,13-14H2,(H,35,36)/b5-1+,6-2+/t17-,22+,25-,27-/m0/s1. The van der Waals surface area contributed by atoms with Crippen molar-refractivity contribution in [3.8, 4) is 23.0 Å². The van der Waals surface area contributed by atoms with Crippen LogP contribution in [0.25, 0.3) is 0 Å². The summed E-state index contributed by atoms with van der Waals surface area (Å²) in [7, 11) is 0. The number of carboxylic acids is 1. The van der Waals surface area contributed by atoms with Gasteiger partial charge in [-0.25, -0.2) is 14.4 Å². The molecule has 7 N–H and O–H groups in total. The van der Waals surface area contributed by atoms with Gasteiger partial charge in [0, 0.05) is 25.0 Å². The fourth-order valence-electron chi connectivity index (χ4n) is 4.08. The molecule has 0 heterocycles. The molecular weight excluding hydrogens is 516 g/mol. The number of benzene rings is 2. The SMILES string of the molecule is O=C(/C=C/Cc1ccc(O)c(O)c1)O[C@@H]1C[C@H](O)C[C@@](O)(C(=O)O)[C@H]1OC(=O)/C=C/Cc1ccc(O)c(O)c1. The van der Waals surface area contributed by atoms with Gasteiger partial charge in [0.05, 0.1) is 6.10 Å². The van der Waals surface area contributed by atoms with Gasteiger partial charge in [0.1, 0.15) is 6.10 Å². The van der Waals surface area contributed by atoms with E-state index in [2.05, 4.69) is 0 Å². The van der Waals surface area contributed by atoms with E-state index >= 15 is 0 Å². The predicted octanol–water partition coefficient (Wildman–Crippen LogP) is 1.20. The van der Waals surface area contributed by atoms with Gasteiger partial charge in [0.25, 0.3) is 0 Å². The Bertz CT molecular complexity index is 1280. The zero-order valence-electron chi connectivity index (χ0n) is 20.5. The van der Waals surface area contributed by atoms with Crippen LogP contribution in [0.2, 0.25) is 0 Å². The van der Waals surface area contributed by atoms with Gasteiger partial charge < -0.3 is 45.2 Å². The monoisotopic (exact) mass is 544 g/mol. The number of hydrogen-bond acceptors (Lipinski definition) is 11. The van der Waals surface area contributed by atoms with Gasteiger partial charge in [-0.1, -0.05) is 24.3 Å². The van der Waals surface area contributed by atoms with Crippen molar-refractivity contribution in [3.63, 3.8) is 0 Å². The Morgan fingerprint density at radius 1 is 0.821 bits per heavy atom. The third-order valence-electron chi connectivity index (χ3n) is 6.04. The minimum atomic E-state index is -2.75. The molecule has 2 aromatic carbocycles. The Kier molecular flexibility index (Phi) is 9.17. The van der Waals surface area contributed by atoms with Gasteiger partial charge in [0.15, 0.2) is 29.1 Å². The van der Waals surface area contributed by atoms with Crippen molar-refractivity contribution in [3.05, 3.63) is 71.8 Å². The van der Waals surface area contributed by atoms with Crippen LogP contribution in [0.3, 0.4) is 0 Å². The van der Waals surface area contributed by atoms with Crippen molar-refractivity contribution in [1.29, 1.82) is 0 Å². The van der Waals surface area contributed by atoms with Crippen molar-refractivity contribution in [2.24, 2.45) is 0 Å². The van der Waals surface area contributed by atoms with E-state index in [1.54, 1.807) is 0 Å². The molecule has 0 radical (unpaired) electrons. The van der Waals surface area contributed by atoms with E-state index in [0.29, 0.717) is 11.1 Å². The number of carboxylic acid groups (broad SMARTS) is 1.